The third kappa shape index (κ3) is 3.92. The summed E-state index contributed by atoms with van der Waals surface area (Å²) < 4.78 is 12.6. The highest BCUT2D eigenvalue weighted by molar-refractivity contribution is 7.15. The van der Waals surface area contributed by atoms with Gasteiger partial charge in [-0.25, -0.2) is 0 Å². The summed E-state index contributed by atoms with van der Waals surface area (Å²) in [6.07, 6.45) is 5.14. The van der Waals surface area contributed by atoms with Crippen molar-refractivity contribution < 1.29 is 19.4 Å². The van der Waals surface area contributed by atoms with Gasteiger partial charge in [0.2, 0.25) is 11.8 Å². The van der Waals surface area contributed by atoms with Crippen molar-refractivity contribution in [1.29, 1.82) is 0 Å². The molecule has 3 aromatic heterocycles. The molecule has 9 nitrogen and oxygen atoms in total. The van der Waals surface area contributed by atoms with Crippen LogP contribution in [0, 0.1) is 0 Å². The number of carbonyl (C=O) groups is 1. The summed E-state index contributed by atoms with van der Waals surface area (Å²) in [4.78, 5) is 30.6. The summed E-state index contributed by atoms with van der Waals surface area (Å²) in [6, 6.07) is 9.18. The van der Waals surface area contributed by atoms with Crippen molar-refractivity contribution in [3.8, 4) is 22.9 Å². The average molecular weight is 410 g/mol. The van der Waals surface area contributed by atoms with Crippen molar-refractivity contribution in [1.82, 2.24) is 19.6 Å². The number of fused-ring (bicyclic) bond motifs is 2. The second-order valence-corrected chi connectivity index (χ2v) is 6.92. The zero-order valence-corrected chi connectivity index (χ0v) is 15.9. The molecule has 1 aliphatic heterocycles. The molecule has 4 heterocycles. The lowest BCUT2D eigenvalue weighted by Gasteiger charge is -1.96. The van der Waals surface area contributed by atoms with Gasteiger partial charge in [0.05, 0.1) is 4.53 Å². The molecule has 29 heavy (non-hydrogen) atoms. The second kappa shape index (κ2) is 7.68. The predicted molar refractivity (Wildman–Crippen MR) is 105 cm³/mol. The van der Waals surface area contributed by atoms with Crippen molar-refractivity contribution >= 4 is 28.3 Å². The van der Waals surface area contributed by atoms with Crippen LogP contribution < -0.4 is 19.6 Å². The third-order valence-electron chi connectivity index (χ3n) is 3.81. The molecule has 5 rings (SSSR count). The Morgan fingerprint density at radius 2 is 1.93 bits per heavy atom. The molecule has 10 heteroatoms. The molecule has 0 amide bonds. The lowest BCUT2D eigenvalue weighted by Crippen LogP contribution is -2.23. The maximum atomic E-state index is 12.6. The van der Waals surface area contributed by atoms with Gasteiger partial charge in [0.25, 0.3) is 11.5 Å². The Hall–Kier alpha value is -3.79. The monoisotopic (exact) mass is 410 g/mol. The van der Waals surface area contributed by atoms with E-state index in [1.807, 2.05) is 30.3 Å². The molecule has 0 aliphatic carbocycles. The van der Waals surface area contributed by atoms with Gasteiger partial charge in [0, 0.05) is 24.9 Å². The van der Waals surface area contributed by atoms with Gasteiger partial charge in [0.15, 0.2) is 17.3 Å². The number of hydrogen-bond acceptors (Lipinski definition) is 8. The van der Waals surface area contributed by atoms with Gasteiger partial charge in [-0.2, -0.15) is 9.50 Å². The van der Waals surface area contributed by atoms with Gasteiger partial charge >= 0.3 is 0 Å². The highest BCUT2D eigenvalue weighted by atomic mass is 32.1. The number of carboxylic acids is 1. The first-order chi connectivity index (χ1) is 14.0. The summed E-state index contributed by atoms with van der Waals surface area (Å²) in [5.41, 5.74) is 1.50. The van der Waals surface area contributed by atoms with Gasteiger partial charge in [-0.3, -0.25) is 14.6 Å². The Labute approximate surface area is 167 Å². The van der Waals surface area contributed by atoms with Crippen LogP contribution in [0.2, 0.25) is 0 Å². The molecule has 1 aromatic carbocycles. The Morgan fingerprint density at radius 1 is 1.21 bits per heavy atom. The minimum absolute atomic E-state index is 0.189. The Morgan fingerprint density at radius 3 is 2.66 bits per heavy atom. The highest BCUT2D eigenvalue weighted by Gasteiger charge is 2.14. The maximum Gasteiger partial charge on any atom is 0.300 e. The fourth-order valence-electron chi connectivity index (χ4n) is 2.61. The number of hydrogen-bond donors (Lipinski definition) is 1. The van der Waals surface area contributed by atoms with E-state index in [0.29, 0.717) is 26.8 Å². The molecular formula is C19H14N4O5S. The van der Waals surface area contributed by atoms with Crippen LogP contribution in [0.15, 0.2) is 47.5 Å². The molecule has 0 unspecified atom stereocenters. The Bertz CT molecular complexity index is 1300. The van der Waals surface area contributed by atoms with E-state index in [-0.39, 0.29) is 12.4 Å². The van der Waals surface area contributed by atoms with Gasteiger partial charge in [-0.05, 0) is 35.9 Å². The molecule has 146 valence electrons. The first-order valence-corrected chi connectivity index (χ1v) is 9.24. The van der Waals surface area contributed by atoms with Crippen LogP contribution in [-0.4, -0.2) is 37.5 Å². The third-order valence-corrected chi connectivity index (χ3v) is 4.77. The molecule has 0 saturated carbocycles. The fraction of sp³-hybridized carbons (Fsp3) is 0.105. The SMILES string of the molecule is CC(=O)O.O=c1/c(=C/c2ccc3c(c2)OCO3)sc2nc(-c3ccncc3)nn12. The predicted octanol–water partition coefficient (Wildman–Crippen LogP) is 1.58. The summed E-state index contributed by atoms with van der Waals surface area (Å²) in [5, 5.41) is 11.7. The topological polar surface area (TPSA) is 116 Å². The van der Waals surface area contributed by atoms with Crippen molar-refractivity contribution in [2.45, 2.75) is 6.92 Å². The molecule has 0 spiro atoms. The molecule has 0 atom stereocenters. The van der Waals surface area contributed by atoms with Gasteiger partial charge in [0.1, 0.15) is 0 Å². The molecule has 1 aliphatic rings. The van der Waals surface area contributed by atoms with Crippen LogP contribution in [-0.2, 0) is 4.79 Å². The number of benzene rings is 1. The number of nitrogens with zero attached hydrogens (tertiary/aromatic N) is 4. The van der Waals surface area contributed by atoms with Crippen molar-refractivity contribution in [3.63, 3.8) is 0 Å². The van der Waals surface area contributed by atoms with E-state index in [2.05, 4.69) is 15.1 Å². The van der Waals surface area contributed by atoms with Crippen LogP contribution in [0.1, 0.15) is 12.5 Å². The summed E-state index contributed by atoms with van der Waals surface area (Å²) in [6.45, 7) is 1.31. The standard InChI is InChI=1S/C17H10N4O3S.C2H4O2/c22-16-14(8-10-1-2-12-13(7-10)24-9-23-12)25-17-19-15(20-21(16)17)11-3-5-18-6-4-11;1-2(3)4/h1-8H,9H2;1H3,(H,3,4)/b14-8-;. The van der Waals surface area contributed by atoms with Crippen LogP contribution in [0.5, 0.6) is 11.5 Å². The molecule has 0 fully saturated rings. The van der Waals surface area contributed by atoms with E-state index < -0.39 is 5.97 Å². The zero-order valence-electron chi connectivity index (χ0n) is 15.1. The highest BCUT2D eigenvalue weighted by Crippen LogP contribution is 2.32. The number of ether oxygens (including phenoxy) is 2. The summed E-state index contributed by atoms with van der Waals surface area (Å²) >= 11 is 1.30. The van der Waals surface area contributed by atoms with Crippen molar-refractivity contribution in [3.05, 3.63) is 63.2 Å². The van der Waals surface area contributed by atoms with Gasteiger partial charge in [-0.15, -0.1) is 5.10 Å². The number of aliphatic carboxylic acids is 1. The molecule has 4 aromatic rings. The van der Waals surface area contributed by atoms with E-state index in [1.165, 1.54) is 15.9 Å². The smallest absolute Gasteiger partial charge is 0.300 e. The number of pyridine rings is 1. The minimum Gasteiger partial charge on any atom is -0.481 e. The first kappa shape index (κ1) is 18.6. The minimum atomic E-state index is -0.833. The van der Waals surface area contributed by atoms with E-state index >= 15 is 0 Å². The van der Waals surface area contributed by atoms with Crippen molar-refractivity contribution in [2.24, 2.45) is 0 Å². The lowest BCUT2D eigenvalue weighted by atomic mass is 10.2. The van der Waals surface area contributed by atoms with Crippen molar-refractivity contribution in [2.75, 3.05) is 6.79 Å². The van der Waals surface area contributed by atoms with Gasteiger partial charge in [-0.1, -0.05) is 17.4 Å². The fourth-order valence-corrected chi connectivity index (χ4v) is 3.52. The van der Waals surface area contributed by atoms with E-state index in [4.69, 9.17) is 19.4 Å². The summed E-state index contributed by atoms with van der Waals surface area (Å²) in [5.74, 6) is 1.07. The molecule has 0 saturated heterocycles. The van der Waals surface area contributed by atoms with Crippen LogP contribution in [0.4, 0.5) is 0 Å². The molecule has 0 bridgehead atoms. The number of thiazole rings is 1. The molecule has 1 N–H and O–H groups in total. The van der Waals surface area contributed by atoms with Crippen LogP contribution in [0.25, 0.3) is 22.4 Å². The number of aromatic nitrogens is 4. The number of rotatable bonds is 2. The normalized spacial score (nSPS) is 12.7. The van der Waals surface area contributed by atoms with Crippen LogP contribution in [0.3, 0.4) is 0 Å². The quantitative estimate of drug-likeness (QED) is 0.530. The zero-order chi connectivity index (χ0) is 20.4. The first-order valence-electron chi connectivity index (χ1n) is 8.42. The Kier molecular flexibility index (Phi) is 4.92. The second-order valence-electron chi connectivity index (χ2n) is 5.91. The van der Waals surface area contributed by atoms with E-state index in [1.54, 1.807) is 18.5 Å². The average Bonchev–Trinajstić information content (AvgIpc) is 3.39. The molecular weight excluding hydrogens is 396 g/mol. The van der Waals surface area contributed by atoms with E-state index in [9.17, 15) is 4.79 Å². The lowest BCUT2D eigenvalue weighted by molar-refractivity contribution is -0.134. The van der Waals surface area contributed by atoms with Gasteiger partial charge < -0.3 is 14.6 Å². The molecule has 0 radical (unpaired) electrons. The largest absolute Gasteiger partial charge is 0.481 e. The maximum absolute atomic E-state index is 12.6. The Balaban J connectivity index is 0.000000472. The van der Waals surface area contributed by atoms with Crippen LogP contribution >= 0.6 is 11.3 Å². The van der Waals surface area contributed by atoms with E-state index in [0.717, 1.165) is 18.1 Å². The number of carboxylic acid groups (broad SMARTS) is 1. The summed E-state index contributed by atoms with van der Waals surface area (Å²) in [7, 11) is 0.